The van der Waals surface area contributed by atoms with Crippen LogP contribution in [0.5, 0.6) is 5.75 Å². The minimum Gasteiger partial charge on any atom is -0.497 e. The highest BCUT2D eigenvalue weighted by molar-refractivity contribution is 6.90. The van der Waals surface area contributed by atoms with E-state index in [-0.39, 0.29) is 12.0 Å². The maximum atomic E-state index is 11.2. The van der Waals surface area contributed by atoms with Crippen LogP contribution in [0.3, 0.4) is 0 Å². The van der Waals surface area contributed by atoms with E-state index in [9.17, 15) is 4.79 Å². The van der Waals surface area contributed by atoms with Crippen LogP contribution in [0, 0.1) is 17.4 Å². The Morgan fingerprint density at radius 2 is 1.50 bits per heavy atom. The third kappa shape index (κ3) is 6.22. The molecule has 28 heavy (non-hydrogen) atoms. The van der Waals surface area contributed by atoms with E-state index >= 15 is 0 Å². The van der Waals surface area contributed by atoms with Crippen molar-refractivity contribution in [3.63, 3.8) is 0 Å². The molecule has 1 rings (SSSR count). The molecule has 1 aromatic carbocycles. The van der Waals surface area contributed by atoms with Crippen LogP contribution in [-0.4, -0.2) is 27.6 Å². The number of hydrogen-bond acceptors (Lipinski definition) is 3. The number of benzene rings is 1. The van der Waals surface area contributed by atoms with E-state index in [2.05, 4.69) is 59.9 Å². The van der Waals surface area contributed by atoms with Crippen LogP contribution >= 0.6 is 0 Å². The highest BCUT2D eigenvalue weighted by atomic mass is 28.3. The fourth-order valence-electron chi connectivity index (χ4n) is 4.20. The average molecular weight is 403 g/mol. The zero-order chi connectivity index (χ0) is 21.3. The van der Waals surface area contributed by atoms with Gasteiger partial charge in [0.2, 0.25) is 0 Å². The topological polar surface area (TPSA) is 35.5 Å². The largest absolute Gasteiger partial charge is 0.497 e. The van der Waals surface area contributed by atoms with Gasteiger partial charge in [-0.25, -0.2) is 0 Å². The van der Waals surface area contributed by atoms with Gasteiger partial charge in [-0.05, 0) is 41.2 Å². The average Bonchev–Trinajstić information content (AvgIpc) is 2.65. The Kier molecular flexibility index (Phi) is 9.99. The van der Waals surface area contributed by atoms with Crippen LogP contribution in [0.1, 0.15) is 60.5 Å². The van der Waals surface area contributed by atoms with E-state index in [4.69, 9.17) is 9.47 Å². The lowest BCUT2D eigenvalue weighted by atomic mass is 10.0. The number of aldehydes is 1. The van der Waals surface area contributed by atoms with Crippen LogP contribution in [0.2, 0.25) is 16.6 Å². The first-order chi connectivity index (χ1) is 13.2. The summed E-state index contributed by atoms with van der Waals surface area (Å²) in [4.78, 5) is 11.2. The van der Waals surface area contributed by atoms with Crippen LogP contribution < -0.4 is 4.74 Å². The molecule has 0 fully saturated rings. The van der Waals surface area contributed by atoms with Crippen LogP contribution in [0.25, 0.3) is 0 Å². The van der Waals surface area contributed by atoms with E-state index < -0.39 is 8.07 Å². The molecule has 0 saturated heterocycles. The Bertz CT molecular complexity index is 631. The van der Waals surface area contributed by atoms with Crippen LogP contribution in [0.15, 0.2) is 24.3 Å². The summed E-state index contributed by atoms with van der Waals surface area (Å²) in [7, 11) is -0.122. The summed E-state index contributed by atoms with van der Waals surface area (Å²) in [6.07, 6.45) is 1.12. The molecule has 2 atom stereocenters. The zero-order valence-corrected chi connectivity index (χ0v) is 19.9. The molecule has 4 heteroatoms. The lowest BCUT2D eigenvalue weighted by Crippen LogP contribution is -2.43. The number of carbonyl (C=O) groups excluding carboxylic acids is 1. The molecule has 0 aliphatic carbocycles. The summed E-state index contributed by atoms with van der Waals surface area (Å²) in [6.45, 7) is 16.4. The van der Waals surface area contributed by atoms with Crippen molar-refractivity contribution in [2.75, 3.05) is 7.11 Å². The van der Waals surface area contributed by atoms with Gasteiger partial charge in [-0.3, -0.25) is 0 Å². The molecular formula is C24H38O3Si. The molecule has 0 radical (unpaired) electrons. The lowest BCUT2D eigenvalue weighted by Gasteiger charge is -2.38. The Morgan fingerprint density at radius 1 is 0.964 bits per heavy atom. The molecule has 0 saturated carbocycles. The van der Waals surface area contributed by atoms with Gasteiger partial charge in [0.25, 0.3) is 0 Å². The molecule has 0 bridgehead atoms. The predicted octanol–water partition coefficient (Wildman–Crippen LogP) is 6.03. The molecule has 1 aromatic rings. The minimum atomic E-state index is -1.78. The summed E-state index contributed by atoms with van der Waals surface area (Å²) in [5.41, 5.74) is 6.61. The maximum absolute atomic E-state index is 11.2. The van der Waals surface area contributed by atoms with Gasteiger partial charge in [0.15, 0.2) is 0 Å². The number of hydrogen-bond donors (Lipinski definition) is 0. The molecule has 0 aromatic heterocycles. The molecule has 0 aliphatic rings. The van der Waals surface area contributed by atoms with Crippen LogP contribution in [0.4, 0.5) is 0 Å². The first-order valence-electron chi connectivity index (χ1n) is 10.4. The van der Waals surface area contributed by atoms with E-state index in [1.165, 1.54) is 0 Å². The van der Waals surface area contributed by atoms with Gasteiger partial charge in [0.05, 0.1) is 19.8 Å². The van der Waals surface area contributed by atoms with E-state index in [1.54, 1.807) is 7.11 Å². The van der Waals surface area contributed by atoms with E-state index in [1.807, 2.05) is 24.3 Å². The number of methoxy groups -OCH3 is 1. The summed E-state index contributed by atoms with van der Waals surface area (Å²) in [5.74, 6) is 4.36. The quantitative estimate of drug-likeness (QED) is 0.272. The predicted molar refractivity (Wildman–Crippen MR) is 120 cm³/mol. The number of ether oxygens (including phenoxy) is 2. The molecule has 0 unspecified atom stereocenters. The van der Waals surface area contributed by atoms with Gasteiger partial charge in [0.1, 0.15) is 20.1 Å². The second-order valence-electron chi connectivity index (χ2n) is 8.56. The summed E-state index contributed by atoms with van der Waals surface area (Å²) in [5, 5.41) is 0. The SMILES string of the molecule is COc1ccc(CO[C@H](CC=O)[C@@H](C)C#C[Si](C(C)C)(C(C)C)C(C)C)cc1. The van der Waals surface area contributed by atoms with Crippen molar-refractivity contribution < 1.29 is 14.3 Å². The summed E-state index contributed by atoms with van der Waals surface area (Å²) >= 11 is 0. The second-order valence-corrected chi connectivity index (χ2v) is 14.1. The lowest BCUT2D eigenvalue weighted by molar-refractivity contribution is -0.111. The summed E-state index contributed by atoms with van der Waals surface area (Å²) in [6, 6.07) is 7.82. The van der Waals surface area contributed by atoms with Gasteiger partial charge in [-0.2, -0.15) is 0 Å². The van der Waals surface area contributed by atoms with Crippen LogP contribution in [-0.2, 0) is 16.1 Å². The second kappa shape index (κ2) is 11.4. The zero-order valence-electron chi connectivity index (χ0n) is 18.9. The van der Waals surface area contributed by atoms with Gasteiger partial charge < -0.3 is 14.3 Å². The maximum Gasteiger partial charge on any atom is 0.145 e. The Hall–Kier alpha value is -1.57. The van der Waals surface area contributed by atoms with Crippen molar-refractivity contribution in [3.8, 4) is 17.2 Å². The van der Waals surface area contributed by atoms with Crippen molar-refractivity contribution in [1.82, 2.24) is 0 Å². The third-order valence-electron chi connectivity index (χ3n) is 5.89. The highest BCUT2D eigenvalue weighted by Gasteiger charge is 2.41. The fraction of sp³-hybridized carbons (Fsp3) is 0.625. The van der Waals surface area contributed by atoms with Gasteiger partial charge in [-0.15, -0.1) is 11.5 Å². The van der Waals surface area contributed by atoms with Gasteiger partial charge >= 0.3 is 0 Å². The molecule has 0 amide bonds. The Labute approximate surface area is 173 Å². The number of carbonyl (C=O) groups is 1. The van der Waals surface area contributed by atoms with E-state index in [0.29, 0.717) is 29.7 Å². The first-order valence-corrected chi connectivity index (χ1v) is 12.6. The molecule has 0 N–H and O–H groups in total. The molecule has 0 spiro atoms. The molecule has 0 heterocycles. The third-order valence-corrected chi connectivity index (χ3v) is 12.2. The monoisotopic (exact) mass is 402 g/mol. The molecular weight excluding hydrogens is 364 g/mol. The molecule has 0 aliphatic heterocycles. The van der Waals surface area contributed by atoms with Crippen molar-refractivity contribution in [3.05, 3.63) is 29.8 Å². The standard InChI is InChI=1S/C24H38O3Si/c1-18(2)28(19(3)4,20(5)6)16-14-21(7)24(13-15-25)27-17-22-9-11-23(26-8)12-10-22/h9-12,15,18-21,24H,13,17H2,1-8H3/t21-,24+/m0/s1. The van der Waals surface area contributed by atoms with E-state index in [0.717, 1.165) is 17.6 Å². The molecule has 156 valence electrons. The van der Waals surface area contributed by atoms with Gasteiger partial charge in [-0.1, -0.05) is 53.7 Å². The summed E-state index contributed by atoms with van der Waals surface area (Å²) < 4.78 is 11.3. The van der Waals surface area contributed by atoms with Crippen molar-refractivity contribution in [1.29, 1.82) is 0 Å². The number of rotatable bonds is 10. The molecule has 3 nitrogen and oxygen atoms in total. The highest BCUT2D eigenvalue weighted by Crippen LogP contribution is 2.40. The van der Waals surface area contributed by atoms with Gasteiger partial charge in [0, 0.05) is 12.3 Å². The fourth-order valence-corrected chi connectivity index (χ4v) is 9.54. The first kappa shape index (κ1) is 24.5. The minimum absolute atomic E-state index is 0.0200. The Balaban J connectivity index is 2.95. The smallest absolute Gasteiger partial charge is 0.145 e. The van der Waals surface area contributed by atoms with Crippen molar-refractivity contribution in [2.45, 2.75) is 84.2 Å². The van der Waals surface area contributed by atoms with Crippen molar-refractivity contribution >= 4 is 14.4 Å². The van der Waals surface area contributed by atoms with Crippen molar-refractivity contribution in [2.24, 2.45) is 5.92 Å². The normalized spacial score (nSPS) is 14.0. The Morgan fingerprint density at radius 3 is 1.93 bits per heavy atom.